The molecule has 0 unspecified atom stereocenters. The van der Waals surface area contributed by atoms with Crippen LogP contribution in [-0.2, 0) is 4.74 Å². The van der Waals surface area contributed by atoms with Gasteiger partial charge in [-0.25, -0.2) is 4.79 Å². The number of ether oxygens (including phenoxy) is 2. The van der Waals surface area contributed by atoms with Crippen molar-refractivity contribution in [1.82, 2.24) is 0 Å². The van der Waals surface area contributed by atoms with Crippen molar-refractivity contribution in [2.24, 2.45) is 0 Å². The molecule has 2 heterocycles. The molecule has 5 atom stereocenters. The summed E-state index contributed by atoms with van der Waals surface area (Å²) >= 11 is 0. The molecule has 0 bridgehead atoms. The van der Waals surface area contributed by atoms with E-state index in [1.165, 1.54) is 12.1 Å². The molecular formula is C15H16O8. The lowest BCUT2D eigenvalue weighted by atomic mass is 9.99. The van der Waals surface area contributed by atoms with Gasteiger partial charge in [-0.05, 0) is 18.2 Å². The molecule has 3 rings (SSSR count). The zero-order valence-electron chi connectivity index (χ0n) is 11.9. The largest absolute Gasteiger partial charge is 0.462 e. The molecular weight excluding hydrogens is 308 g/mol. The molecule has 8 nitrogen and oxygen atoms in total. The van der Waals surface area contributed by atoms with Crippen molar-refractivity contribution in [2.75, 3.05) is 6.61 Å². The highest BCUT2D eigenvalue weighted by atomic mass is 16.7. The fourth-order valence-electron chi connectivity index (χ4n) is 2.41. The van der Waals surface area contributed by atoms with Crippen molar-refractivity contribution in [3.05, 3.63) is 40.8 Å². The van der Waals surface area contributed by atoms with Crippen LogP contribution >= 0.6 is 0 Å². The Labute approximate surface area is 130 Å². The van der Waals surface area contributed by atoms with Gasteiger partial charge in [0.15, 0.2) is 0 Å². The molecule has 1 aliphatic heterocycles. The van der Waals surface area contributed by atoms with Gasteiger partial charge in [-0.1, -0.05) is 0 Å². The van der Waals surface area contributed by atoms with Crippen LogP contribution in [0.15, 0.2) is 39.5 Å². The van der Waals surface area contributed by atoms with E-state index in [0.29, 0.717) is 11.0 Å². The first-order valence-corrected chi connectivity index (χ1v) is 7.00. The number of aliphatic hydroxyl groups is 4. The number of aliphatic hydroxyl groups excluding tert-OH is 4. The molecule has 1 fully saturated rings. The monoisotopic (exact) mass is 324 g/mol. The molecule has 124 valence electrons. The third kappa shape index (κ3) is 3.07. The summed E-state index contributed by atoms with van der Waals surface area (Å²) in [5, 5.41) is 39.2. The van der Waals surface area contributed by atoms with Gasteiger partial charge >= 0.3 is 5.63 Å². The van der Waals surface area contributed by atoms with Gasteiger partial charge in [-0.3, -0.25) is 0 Å². The maximum Gasteiger partial charge on any atom is 0.336 e. The Kier molecular flexibility index (Phi) is 4.33. The van der Waals surface area contributed by atoms with E-state index in [1.807, 2.05) is 0 Å². The standard InChI is InChI=1S/C15H16O8/c16-6-10-12(18)13(19)14(20)15(23-10)21-8-3-1-7-2-4-11(17)22-9(7)5-8/h1-5,10,12-16,18-20H,6H2/t10-,12+,13+,14-,15-/m1/s1. The van der Waals surface area contributed by atoms with Crippen LogP contribution in [0.25, 0.3) is 11.0 Å². The lowest BCUT2D eigenvalue weighted by Gasteiger charge is -2.39. The second kappa shape index (κ2) is 6.26. The molecule has 1 aliphatic rings. The average molecular weight is 324 g/mol. The smallest absolute Gasteiger partial charge is 0.336 e. The van der Waals surface area contributed by atoms with Crippen molar-refractivity contribution in [1.29, 1.82) is 0 Å². The molecule has 0 amide bonds. The summed E-state index contributed by atoms with van der Waals surface area (Å²) in [5.41, 5.74) is -0.220. The Morgan fingerprint density at radius 2 is 1.78 bits per heavy atom. The van der Waals surface area contributed by atoms with Gasteiger partial charge in [0.25, 0.3) is 0 Å². The van der Waals surface area contributed by atoms with Crippen molar-refractivity contribution in [3.63, 3.8) is 0 Å². The minimum Gasteiger partial charge on any atom is -0.462 e. The molecule has 4 N–H and O–H groups in total. The second-order valence-corrected chi connectivity index (χ2v) is 5.27. The molecule has 1 aromatic carbocycles. The van der Waals surface area contributed by atoms with E-state index >= 15 is 0 Å². The van der Waals surface area contributed by atoms with E-state index in [0.717, 1.165) is 0 Å². The lowest BCUT2D eigenvalue weighted by Crippen LogP contribution is -2.60. The highest BCUT2D eigenvalue weighted by molar-refractivity contribution is 5.77. The van der Waals surface area contributed by atoms with Crippen LogP contribution in [0.2, 0.25) is 0 Å². The molecule has 0 spiro atoms. The van der Waals surface area contributed by atoms with Crippen LogP contribution in [-0.4, -0.2) is 57.7 Å². The fraction of sp³-hybridized carbons (Fsp3) is 0.400. The van der Waals surface area contributed by atoms with Gasteiger partial charge < -0.3 is 34.3 Å². The minimum atomic E-state index is -1.52. The van der Waals surface area contributed by atoms with E-state index in [4.69, 9.17) is 19.0 Å². The first kappa shape index (κ1) is 15.9. The maximum atomic E-state index is 11.2. The number of hydrogen-bond donors (Lipinski definition) is 4. The van der Waals surface area contributed by atoms with Crippen molar-refractivity contribution >= 4 is 11.0 Å². The van der Waals surface area contributed by atoms with E-state index in [-0.39, 0.29) is 5.75 Å². The Morgan fingerprint density at radius 3 is 2.52 bits per heavy atom. The van der Waals surface area contributed by atoms with Crippen molar-refractivity contribution < 1.29 is 34.3 Å². The van der Waals surface area contributed by atoms with E-state index in [2.05, 4.69) is 0 Å². The Morgan fingerprint density at radius 1 is 1.04 bits per heavy atom. The molecule has 1 saturated heterocycles. The maximum absolute atomic E-state index is 11.2. The predicted molar refractivity (Wildman–Crippen MR) is 76.9 cm³/mol. The Bertz CT molecular complexity index is 740. The molecule has 2 aromatic rings. The summed E-state index contributed by atoms with van der Waals surface area (Å²) in [5.74, 6) is 0.233. The third-order valence-electron chi connectivity index (χ3n) is 3.70. The second-order valence-electron chi connectivity index (χ2n) is 5.27. The Hall–Kier alpha value is -1.97. The average Bonchev–Trinajstić information content (AvgIpc) is 2.55. The van der Waals surface area contributed by atoms with E-state index in [9.17, 15) is 20.1 Å². The van der Waals surface area contributed by atoms with Crippen LogP contribution in [0, 0.1) is 0 Å². The zero-order chi connectivity index (χ0) is 16.6. The minimum absolute atomic E-state index is 0.233. The molecule has 0 saturated carbocycles. The van der Waals surface area contributed by atoms with Crippen LogP contribution in [0.1, 0.15) is 0 Å². The van der Waals surface area contributed by atoms with Gasteiger partial charge in [-0.15, -0.1) is 0 Å². The van der Waals surface area contributed by atoms with Crippen LogP contribution < -0.4 is 10.4 Å². The summed E-state index contributed by atoms with van der Waals surface area (Å²) in [6.07, 6.45) is -6.84. The molecule has 23 heavy (non-hydrogen) atoms. The number of fused-ring (bicyclic) bond motifs is 1. The number of hydrogen-bond acceptors (Lipinski definition) is 8. The SMILES string of the molecule is O=c1ccc2ccc(O[C@@H]3O[C@H](CO)[C@H](O)[C@H](O)[C@H]3O)cc2o1. The fourth-order valence-corrected chi connectivity index (χ4v) is 2.41. The molecule has 8 heteroatoms. The topological polar surface area (TPSA) is 130 Å². The highest BCUT2D eigenvalue weighted by Crippen LogP contribution is 2.26. The number of rotatable bonds is 3. The molecule has 1 aromatic heterocycles. The van der Waals surface area contributed by atoms with E-state index < -0.39 is 42.9 Å². The highest BCUT2D eigenvalue weighted by Gasteiger charge is 2.44. The van der Waals surface area contributed by atoms with Crippen molar-refractivity contribution in [2.45, 2.75) is 30.7 Å². The van der Waals surface area contributed by atoms with Crippen molar-refractivity contribution in [3.8, 4) is 5.75 Å². The molecule has 0 radical (unpaired) electrons. The summed E-state index contributed by atoms with van der Waals surface area (Å²) in [6, 6.07) is 7.55. The summed E-state index contributed by atoms with van der Waals surface area (Å²) in [6.45, 7) is -0.544. The van der Waals surface area contributed by atoms with Crippen LogP contribution in [0.5, 0.6) is 5.75 Å². The Balaban J connectivity index is 1.84. The summed E-state index contributed by atoms with van der Waals surface area (Å²) in [7, 11) is 0. The quantitative estimate of drug-likeness (QED) is 0.528. The third-order valence-corrected chi connectivity index (χ3v) is 3.70. The summed E-state index contributed by atoms with van der Waals surface area (Å²) < 4.78 is 15.7. The van der Waals surface area contributed by atoms with Crippen LogP contribution in [0.4, 0.5) is 0 Å². The normalized spacial score (nSPS) is 31.2. The summed E-state index contributed by atoms with van der Waals surface area (Å²) in [4.78, 5) is 11.2. The predicted octanol–water partition coefficient (Wildman–Crippen LogP) is -1.03. The zero-order valence-corrected chi connectivity index (χ0v) is 11.9. The van der Waals surface area contributed by atoms with Gasteiger partial charge in [0.2, 0.25) is 6.29 Å². The number of benzene rings is 1. The van der Waals surface area contributed by atoms with Crippen LogP contribution in [0.3, 0.4) is 0 Å². The van der Waals surface area contributed by atoms with Gasteiger partial charge in [0.1, 0.15) is 35.7 Å². The lowest BCUT2D eigenvalue weighted by molar-refractivity contribution is -0.277. The van der Waals surface area contributed by atoms with Gasteiger partial charge in [0, 0.05) is 17.5 Å². The first-order valence-electron chi connectivity index (χ1n) is 7.00. The molecule has 0 aliphatic carbocycles. The van der Waals surface area contributed by atoms with Gasteiger partial charge in [0.05, 0.1) is 6.61 Å². The first-order chi connectivity index (χ1) is 11.0. The van der Waals surface area contributed by atoms with E-state index in [1.54, 1.807) is 18.2 Å². The van der Waals surface area contributed by atoms with Gasteiger partial charge in [-0.2, -0.15) is 0 Å².